The molecule has 0 heterocycles. The van der Waals surface area contributed by atoms with Gasteiger partial charge in [0.1, 0.15) is 0 Å². The molecule has 0 fully saturated rings. The summed E-state index contributed by atoms with van der Waals surface area (Å²) in [7, 11) is 1.88. The van der Waals surface area contributed by atoms with Gasteiger partial charge in [0.2, 0.25) is 0 Å². The largest absolute Gasteiger partial charge is 0.388 e. The summed E-state index contributed by atoms with van der Waals surface area (Å²) in [5.41, 5.74) is 3.42. The van der Waals surface area contributed by atoms with Gasteiger partial charge in [-0.15, -0.1) is 0 Å². The van der Waals surface area contributed by atoms with Crippen molar-refractivity contribution in [3.05, 3.63) is 42.0 Å². The third kappa shape index (κ3) is 5.59. The molecule has 1 rings (SSSR count). The lowest BCUT2D eigenvalue weighted by molar-refractivity contribution is 0.772. The molecule has 0 unspecified atom stereocenters. The lowest BCUT2D eigenvalue weighted by atomic mass is 10.1. The Balaban J connectivity index is 0.000000385. The first-order valence-corrected chi connectivity index (χ1v) is 6.10. The van der Waals surface area contributed by atoms with Crippen LogP contribution in [0.1, 0.15) is 44.2 Å². The van der Waals surface area contributed by atoms with E-state index in [4.69, 9.17) is 0 Å². The van der Waals surface area contributed by atoms with E-state index >= 15 is 0 Å². The summed E-state index contributed by atoms with van der Waals surface area (Å²) < 4.78 is 0. The van der Waals surface area contributed by atoms with Crippen molar-refractivity contribution in [2.75, 3.05) is 7.05 Å². The molecule has 0 atom stereocenters. The molecule has 0 radical (unpaired) electrons. The van der Waals surface area contributed by atoms with Gasteiger partial charge >= 0.3 is 0 Å². The van der Waals surface area contributed by atoms with E-state index in [9.17, 15) is 0 Å². The van der Waals surface area contributed by atoms with Crippen molar-refractivity contribution in [3.8, 4) is 0 Å². The number of benzene rings is 1. The number of nitrogens with one attached hydrogen (secondary N) is 1. The van der Waals surface area contributed by atoms with Crippen molar-refractivity contribution >= 4 is 5.70 Å². The van der Waals surface area contributed by atoms with E-state index in [1.165, 1.54) is 30.4 Å². The molecule has 1 aromatic carbocycles. The molecule has 1 N–H and O–H groups in total. The Bertz CT molecular complexity index is 300. The molecule has 0 aromatic heterocycles. The van der Waals surface area contributed by atoms with E-state index in [0.717, 1.165) is 5.70 Å². The first kappa shape index (κ1) is 14.8. The van der Waals surface area contributed by atoms with Crippen LogP contribution in [0, 0.1) is 6.92 Å². The molecule has 0 spiro atoms. The second-order valence-corrected chi connectivity index (χ2v) is 3.90. The lowest BCUT2D eigenvalue weighted by Gasteiger charge is -2.07. The zero-order chi connectivity index (χ0) is 12.4. The summed E-state index contributed by atoms with van der Waals surface area (Å²) in [6.45, 7) is 10.4. The molecule has 0 saturated carbocycles. The molecule has 0 saturated heterocycles. The van der Waals surface area contributed by atoms with Gasteiger partial charge in [0.15, 0.2) is 0 Å². The van der Waals surface area contributed by atoms with Crippen molar-refractivity contribution in [1.29, 1.82) is 0 Å². The minimum atomic E-state index is 0.975. The monoisotopic (exact) mass is 219 g/mol. The highest BCUT2D eigenvalue weighted by Crippen LogP contribution is 2.13. The fourth-order valence-electron chi connectivity index (χ4n) is 1.40. The van der Waals surface area contributed by atoms with E-state index in [1.54, 1.807) is 0 Å². The Kier molecular flexibility index (Phi) is 8.32. The summed E-state index contributed by atoms with van der Waals surface area (Å²) in [5, 5.41) is 3.03. The second kappa shape index (κ2) is 9.02. The maximum Gasteiger partial charge on any atom is 0.0340 e. The Labute approximate surface area is 101 Å². The van der Waals surface area contributed by atoms with Crippen LogP contribution in [0.15, 0.2) is 30.8 Å². The SMILES string of the molecule is C=C(NC)c1ccccc1C.CCCCC. The van der Waals surface area contributed by atoms with Gasteiger partial charge in [0.25, 0.3) is 0 Å². The Hall–Kier alpha value is -1.24. The quantitative estimate of drug-likeness (QED) is 0.792. The minimum absolute atomic E-state index is 0.975. The van der Waals surface area contributed by atoms with Gasteiger partial charge in [-0.3, -0.25) is 0 Å². The number of unbranched alkanes of at least 4 members (excludes halogenated alkanes) is 2. The van der Waals surface area contributed by atoms with Crippen LogP contribution < -0.4 is 5.32 Å². The lowest BCUT2D eigenvalue weighted by Crippen LogP contribution is -2.03. The van der Waals surface area contributed by atoms with Crippen LogP contribution in [0.3, 0.4) is 0 Å². The van der Waals surface area contributed by atoms with Crippen LogP contribution in [-0.4, -0.2) is 7.05 Å². The third-order valence-corrected chi connectivity index (χ3v) is 2.48. The maximum atomic E-state index is 3.89. The van der Waals surface area contributed by atoms with Crippen LogP contribution in [0.4, 0.5) is 0 Å². The van der Waals surface area contributed by atoms with Gasteiger partial charge in [-0.1, -0.05) is 64.0 Å². The molecule has 16 heavy (non-hydrogen) atoms. The number of rotatable bonds is 4. The summed E-state index contributed by atoms with van der Waals surface area (Å²) in [6.07, 6.45) is 4.08. The predicted molar refractivity (Wildman–Crippen MR) is 74.5 cm³/mol. The number of aryl methyl sites for hydroxylation is 1. The Morgan fingerprint density at radius 3 is 2.12 bits per heavy atom. The standard InChI is InChI=1S/C10H13N.C5H12/c1-8-6-4-5-7-10(8)9(2)11-3;1-3-5-4-2/h4-7,11H,2H2,1,3H3;3-5H2,1-2H3. The topological polar surface area (TPSA) is 12.0 Å². The average molecular weight is 219 g/mol. The third-order valence-electron chi connectivity index (χ3n) is 2.48. The molecular weight excluding hydrogens is 194 g/mol. The van der Waals surface area contributed by atoms with Crippen molar-refractivity contribution in [2.24, 2.45) is 0 Å². The van der Waals surface area contributed by atoms with Gasteiger partial charge < -0.3 is 5.32 Å². The molecule has 1 aromatic rings. The Morgan fingerprint density at radius 1 is 1.19 bits per heavy atom. The second-order valence-electron chi connectivity index (χ2n) is 3.90. The van der Waals surface area contributed by atoms with E-state index < -0.39 is 0 Å². The molecule has 1 heteroatoms. The highest BCUT2D eigenvalue weighted by Gasteiger charge is 1.97. The minimum Gasteiger partial charge on any atom is -0.388 e. The van der Waals surface area contributed by atoms with Gasteiger partial charge in [0, 0.05) is 12.7 Å². The smallest absolute Gasteiger partial charge is 0.0340 e. The highest BCUT2D eigenvalue weighted by molar-refractivity contribution is 5.64. The fourth-order valence-corrected chi connectivity index (χ4v) is 1.40. The van der Waals surface area contributed by atoms with Crippen molar-refractivity contribution in [2.45, 2.75) is 40.0 Å². The van der Waals surface area contributed by atoms with Crippen LogP contribution in [0.5, 0.6) is 0 Å². The normalized spacial score (nSPS) is 9.00. The van der Waals surface area contributed by atoms with Crippen LogP contribution in [-0.2, 0) is 0 Å². The predicted octanol–water partition coefficient (Wildman–Crippen LogP) is 4.38. The molecule has 0 bridgehead atoms. The van der Waals surface area contributed by atoms with Crippen molar-refractivity contribution < 1.29 is 0 Å². The zero-order valence-electron chi connectivity index (χ0n) is 11.1. The van der Waals surface area contributed by atoms with Gasteiger partial charge in [-0.05, 0) is 18.1 Å². The zero-order valence-corrected chi connectivity index (χ0v) is 11.1. The van der Waals surface area contributed by atoms with Crippen LogP contribution in [0.25, 0.3) is 5.70 Å². The summed E-state index contributed by atoms with van der Waals surface area (Å²) in [5.74, 6) is 0. The summed E-state index contributed by atoms with van der Waals surface area (Å²) >= 11 is 0. The van der Waals surface area contributed by atoms with Gasteiger partial charge in [-0.25, -0.2) is 0 Å². The first-order chi connectivity index (χ1) is 7.67. The van der Waals surface area contributed by atoms with E-state index in [1.807, 2.05) is 19.2 Å². The molecule has 0 amide bonds. The molecule has 90 valence electrons. The van der Waals surface area contributed by atoms with E-state index in [-0.39, 0.29) is 0 Å². The maximum absolute atomic E-state index is 3.89. The molecule has 0 aliphatic heterocycles. The summed E-state index contributed by atoms with van der Waals surface area (Å²) in [6, 6.07) is 8.19. The van der Waals surface area contributed by atoms with E-state index in [0.29, 0.717) is 0 Å². The number of hydrogen-bond acceptors (Lipinski definition) is 1. The highest BCUT2D eigenvalue weighted by atomic mass is 14.8. The molecular formula is C15H25N. The van der Waals surface area contributed by atoms with Crippen LogP contribution >= 0.6 is 0 Å². The molecule has 0 aliphatic carbocycles. The molecule has 1 nitrogen and oxygen atoms in total. The van der Waals surface area contributed by atoms with E-state index in [2.05, 4.69) is 44.8 Å². The van der Waals surface area contributed by atoms with Gasteiger partial charge in [0.05, 0.1) is 0 Å². The van der Waals surface area contributed by atoms with Crippen LogP contribution in [0.2, 0.25) is 0 Å². The van der Waals surface area contributed by atoms with Gasteiger partial charge in [-0.2, -0.15) is 0 Å². The number of hydrogen-bond donors (Lipinski definition) is 1. The first-order valence-electron chi connectivity index (χ1n) is 6.10. The Morgan fingerprint density at radius 2 is 1.75 bits per heavy atom. The van der Waals surface area contributed by atoms with Crippen molar-refractivity contribution in [1.82, 2.24) is 5.32 Å². The molecule has 0 aliphatic rings. The average Bonchev–Trinajstić information content (AvgIpc) is 2.31. The fraction of sp³-hybridized carbons (Fsp3) is 0.467. The summed E-state index contributed by atoms with van der Waals surface area (Å²) in [4.78, 5) is 0. The van der Waals surface area contributed by atoms with Crippen molar-refractivity contribution in [3.63, 3.8) is 0 Å².